The van der Waals surface area contributed by atoms with Crippen LogP contribution in [0.2, 0.25) is 0 Å². The van der Waals surface area contributed by atoms with Gasteiger partial charge in [-0.25, -0.2) is 0 Å². The van der Waals surface area contributed by atoms with E-state index >= 15 is 0 Å². The molecule has 0 rings (SSSR count). The number of hydrogen-bond acceptors (Lipinski definition) is 7. The van der Waals surface area contributed by atoms with Gasteiger partial charge in [-0.2, -0.15) is 0 Å². The second-order valence-electron chi connectivity index (χ2n) is 13.9. The summed E-state index contributed by atoms with van der Waals surface area (Å²) in [5.41, 5.74) is 0. The van der Waals surface area contributed by atoms with E-state index in [4.69, 9.17) is 18.5 Å². The van der Waals surface area contributed by atoms with E-state index in [-0.39, 0.29) is 26.2 Å². The van der Waals surface area contributed by atoms with Gasteiger partial charge in [0, 0.05) is 13.0 Å². The maximum absolute atomic E-state index is 12.6. The minimum Gasteiger partial charge on any atom is -0.756 e. The van der Waals surface area contributed by atoms with Gasteiger partial charge in [-0.3, -0.25) is 9.36 Å². The Morgan fingerprint density at radius 1 is 0.640 bits per heavy atom. The Morgan fingerprint density at radius 3 is 1.74 bits per heavy atom. The Balaban J connectivity index is 4.41. The van der Waals surface area contributed by atoms with Crippen molar-refractivity contribution in [2.75, 3.05) is 54.1 Å². The van der Waals surface area contributed by atoms with Crippen LogP contribution in [0.3, 0.4) is 0 Å². The minimum atomic E-state index is -4.54. The van der Waals surface area contributed by atoms with Crippen molar-refractivity contribution in [1.29, 1.82) is 0 Å². The minimum absolute atomic E-state index is 0.00992. The summed E-state index contributed by atoms with van der Waals surface area (Å²) in [6, 6.07) is 0. The summed E-state index contributed by atoms with van der Waals surface area (Å²) in [7, 11) is 1.30. The summed E-state index contributed by atoms with van der Waals surface area (Å²) < 4.78 is 34.3. The number of phosphoric ester groups is 1. The molecule has 0 N–H and O–H groups in total. The first kappa shape index (κ1) is 48.2. The van der Waals surface area contributed by atoms with E-state index in [1.165, 1.54) is 64.2 Å². The highest BCUT2D eigenvalue weighted by Crippen LogP contribution is 2.38. The molecular weight excluding hydrogens is 649 g/mol. The average Bonchev–Trinajstić information content (AvgIpc) is 3.06. The van der Waals surface area contributed by atoms with Crippen molar-refractivity contribution in [2.45, 2.75) is 142 Å². The quantitative estimate of drug-likeness (QED) is 0.0211. The lowest BCUT2D eigenvalue weighted by Gasteiger charge is -2.28. The van der Waals surface area contributed by atoms with Crippen LogP contribution >= 0.6 is 7.82 Å². The van der Waals surface area contributed by atoms with Gasteiger partial charge in [-0.05, 0) is 64.2 Å². The zero-order valence-electron chi connectivity index (χ0n) is 32.6. The lowest BCUT2D eigenvalue weighted by atomic mass is 10.1. The number of rotatable bonds is 35. The monoisotopic (exact) mass is 724 g/mol. The summed E-state index contributed by atoms with van der Waals surface area (Å²) >= 11 is 0. The van der Waals surface area contributed by atoms with Crippen LogP contribution in [0.25, 0.3) is 0 Å². The van der Waals surface area contributed by atoms with Crippen molar-refractivity contribution in [2.24, 2.45) is 0 Å². The number of unbranched alkanes of at least 4 members (excludes halogenated alkanes) is 11. The van der Waals surface area contributed by atoms with E-state index in [1.54, 1.807) is 0 Å². The fourth-order valence-corrected chi connectivity index (χ4v) is 5.52. The summed E-state index contributed by atoms with van der Waals surface area (Å²) in [6.07, 6.45) is 41.1. The SMILES string of the molecule is CC/C=C\C/C=C\C/C=C\C/C=C\CCC(=O)OC(COCCCCCCCC/C=C\CCCCCCC)COP(=O)([O-])OCC[N+](C)(C)C. The van der Waals surface area contributed by atoms with Crippen LogP contribution in [0.15, 0.2) is 60.8 Å². The maximum atomic E-state index is 12.6. The predicted molar refractivity (Wildman–Crippen MR) is 208 cm³/mol. The number of carbonyl (C=O) groups excluding carboxylic acids is 1. The molecule has 9 heteroatoms. The number of allylic oxidation sites excluding steroid dienone is 10. The molecule has 0 radical (unpaired) electrons. The Kier molecular flexibility index (Phi) is 33.1. The molecule has 0 saturated carbocycles. The van der Waals surface area contributed by atoms with Crippen molar-refractivity contribution in [1.82, 2.24) is 0 Å². The van der Waals surface area contributed by atoms with Crippen LogP contribution in [0.4, 0.5) is 0 Å². The predicted octanol–water partition coefficient (Wildman–Crippen LogP) is 10.4. The average molecular weight is 724 g/mol. The zero-order chi connectivity index (χ0) is 37.0. The molecule has 8 nitrogen and oxygen atoms in total. The van der Waals surface area contributed by atoms with Crippen LogP contribution in [-0.4, -0.2) is 70.7 Å². The topological polar surface area (TPSA) is 94.1 Å². The molecule has 0 aromatic carbocycles. The first-order valence-electron chi connectivity index (χ1n) is 19.5. The van der Waals surface area contributed by atoms with Gasteiger partial charge in [-0.1, -0.05) is 126 Å². The van der Waals surface area contributed by atoms with Gasteiger partial charge < -0.3 is 27.9 Å². The molecule has 2 atom stereocenters. The van der Waals surface area contributed by atoms with E-state index < -0.39 is 19.9 Å². The van der Waals surface area contributed by atoms with Gasteiger partial charge >= 0.3 is 5.97 Å². The van der Waals surface area contributed by atoms with E-state index in [0.717, 1.165) is 44.9 Å². The summed E-state index contributed by atoms with van der Waals surface area (Å²) in [4.78, 5) is 24.9. The summed E-state index contributed by atoms with van der Waals surface area (Å²) in [6.45, 7) is 5.15. The van der Waals surface area contributed by atoms with Crippen LogP contribution in [0.1, 0.15) is 136 Å². The normalized spacial score (nSPS) is 14.6. The lowest BCUT2D eigenvalue weighted by Crippen LogP contribution is -2.37. The number of ether oxygens (including phenoxy) is 2. The number of likely N-dealkylation sites (N-methyl/N-ethyl adjacent to an activating group) is 1. The van der Waals surface area contributed by atoms with Gasteiger partial charge in [0.25, 0.3) is 7.82 Å². The number of carbonyl (C=O) groups is 1. The van der Waals surface area contributed by atoms with Gasteiger partial charge in [0.2, 0.25) is 0 Å². The van der Waals surface area contributed by atoms with E-state index in [1.807, 2.05) is 33.3 Å². The highest BCUT2D eigenvalue weighted by molar-refractivity contribution is 7.45. The summed E-state index contributed by atoms with van der Waals surface area (Å²) in [5, 5.41) is 0. The highest BCUT2D eigenvalue weighted by atomic mass is 31.2. The van der Waals surface area contributed by atoms with E-state index in [9.17, 15) is 14.3 Å². The molecule has 0 fully saturated rings. The number of esters is 1. The molecule has 0 bridgehead atoms. The van der Waals surface area contributed by atoms with Crippen LogP contribution in [0, 0.1) is 0 Å². The van der Waals surface area contributed by atoms with Crippen molar-refractivity contribution in [3.63, 3.8) is 0 Å². The largest absolute Gasteiger partial charge is 0.756 e. The van der Waals surface area contributed by atoms with Crippen LogP contribution in [0.5, 0.6) is 0 Å². The van der Waals surface area contributed by atoms with Gasteiger partial charge in [0.05, 0.1) is 34.4 Å². The Labute approximate surface area is 307 Å². The smallest absolute Gasteiger partial charge is 0.306 e. The molecule has 0 aromatic rings. The third-order valence-electron chi connectivity index (χ3n) is 7.82. The molecule has 0 aliphatic rings. The fourth-order valence-electron chi connectivity index (χ4n) is 4.79. The van der Waals surface area contributed by atoms with Gasteiger partial charge in [-0.15, -0.1) is 0 Å². The third-order valence-corrected chi connectivity index (χ3v) is 8.78. The van der Waals surface area contributed by atoms with Crippen molar-refractivity contribution >= 4 is 13.8 Å². The Hall–Kier alpha value is -1.80. The molecule has 50 heavy (non-hydrogen) atoms. The Morgan fingerprint density at radius 2 is 1.16 bits per heavy atom. The van der Waals surface area contributed by atoms with Crippen LogP contribution < -0.4 is 4.89 Å². The van der Waals surface area contributed by atoms with Crippen molar-refractivity contribution in [3.05, 3.63) is 60.8 Å². The molecule has 290 valence electrons. The maximum Gasteiger partial charge on any atom is 0.306 e. The second kappa shape index (κ2) is 34.3. The molecule has 2 unspecified atom stereocenters. The molecule has 0 saturated heterocycles. The van der Waals surface area contributed by atoms with Crippen molar-refractivity contribution < 1.29 is 37.3 Å². The van der Waals surface area contributed by atoms with Gasteiger partial charge in [0.1, 0.15) is 19.3 Å². The first-order chi connectivity index (χ1) is 24.1. The number of nitrogens with zero attached hydrogens (tertiary/aromatic N) is 1. The lowest BCUT2D eigenvalue weighted by molar-refractivity contribution is -0.870. The summed E-state index contributed by atoms with van der Waals surface area (Å²) in [5.74, 6) is -0.418. The van der Waals surface area contributed by atoms with Crippen molar-refractivity contribution in [3.8, 4) is 0 Å². The second-order valence-corrected chi connectivity index (χ2v) is 15.3. The molecule has 0 aliphatic carbocycles. The molecular formula is C41H74NO7P. The standard InChI is InChI=1S/C41H74NO7P/c1-6-8-10-12-14-16-18-20-21-23-25-27-29-31-33-36-46-38-40(39-48-50(44,45)47-37-35-42(3,4)5)49-41(43)34-32-30-28-26-24-22-19-17-15-13-11-9-7-2/h9,11,15,17-18,20,22,24,28,30,40H,6-8,10,12-14,16,19,21,23,25-27,29,31-39H2,1-5H3/b11-9-,17-15-,20-18-,24-22-,30-28-. The van der Waals surface area contributed by atoms with E-state index in [0.29, 0.717) is 24.1 Å². The molecule has 0 heterocycles. The fraction of sp³-hybridized carbons (Fsp3) is 0.732. The van der Waals surface area contributed by atoms with E-state index in [2.05, 4.69) is 62.5 Å². The molecule has 0 amide bonds. The molecule has 0 aliphatic heterocycles. The zero-order valence-corrected chi connectivity index (χ0v) is 33.5. The number of phosphoric acid groups is 1. The van der Waals surface area contributed by atoms with Gasteiger partial charge in [0.15, 0.2) is 0 Å². The first-order valence-corrected chi connectivity index (χ1v) is 21.0. The molecule has 0 spiro atoms. The molecule has 0 aromatic heterocycles. The highest BCUT2D eigenvalue weighted by Gasteiger charge is 2.20. The number of quaternary nitrogens is 1. The number of hydrogen-bond donors (Lipinski definition) is 0. The van der Waals surface area contributed by atoms with Crippen LogP contribution in [-0.2, 0) is 27.9 Å². The third kappa shape index (κ3) is 37.5. The Bertz CT molecular complexity index is 984.